The second-order valence-corrected chi connectivity index (χ2v) is 10.2. The average Bonchev–Trinajstić information content (AvgIpc) is 3.22. The number of fused-ring (bicyclic) bond motifs is 1. The van der Waals surface area contributed by atoms with E-state index in [-0.39, 0.29) is 17.2 Å². The lowest BCUT2D eigenvalue weighted by atomic mass is 10.0. The minimum atomic E-state index is -0.495. The second kappa shape index (κ2) is 11.5. The third-order valence-corrected chi connectivity index (χ3v) is 5.78. The molecule has 0 aliphatic heterocycles. The van der Waals surface area contributed by atoms with Crippen LogP contribution in [0.2, 0.25) is 0 Å². The van der Waals surface area contributed by atoms with Gasteiger partial charge in [-0.05, 0) is 88.4 Å². The number of aryl methyl sites for hydroxylation is 3. The van der Waals surface area contributed by atoms with Crippen LogP contribution in [0.4, 0.5) is 4.79 Å². The summed E-state index contributed by atoms with van der Waals surface area (Å²) in [5, 5.41) is 6.52. The van der Waals surface area contributed by atoms with Gasteiger partial charge in [-0.25, -0.2) is 4.79 Å². The highest BCUT2D eigenvalue weighted by atomic mass is 16.6. The largest absolute Gasteiger partial charge is 0.451 e. The van der Waals surface area contributed by atoms with E-state index in [4.69, 9.17) is 9.15 Å². The number of hydrogen-bond acceptors (Lipinski definition) is 5. The van der Waals surface area contributed by atoms with Gasteiger partial charge < -0.3 is 24.4 Å². The summed E-state index contributed by atoms with van der Waals surface area (Å²) in [5.41, 5.74) is 3.68. The Morgan fingerprint density at radius 3 is 2.19 bits per heavy atom. The van der Waals surface area contributed by atoms with E-state index in [1.54, 1.807) is 24.6 Å². The molecule has 2 aromatic heterocycles. The first-order valence-electron chi connectivity index (χ1n) is 12.4. The van der Waals surface area contributed by atoms with E-state index < -0.39 is 11.7 Å². The van der Waals surface area contributed by atoms with E-state index in [2.05, 4.69) is 10.6 Å². The van der Waals surface area contributed by atoms with Crippen molar-refractivity contribution in [2.75, 3.05) is 13.1 Å². The molecule has 8 nitrogen and oxygen atoms in total. The monoisotopic (exact) mass is 495 g/mol. The van der Waals surface area contributed by atoms with Crippen molar-refractivity contribution in [2.24, 2.45) is 7.05 Å². The summed E-state index contributed by atoms with van der Waals surface area (Å²) in [6, 6.07) is 7.63. The van der Waals surface area contributed by atoms with Gasteiger partial charge in [0.15, 0.2) is 5.76 Å². The van der Waals surface area contributed by atoms with E-state index in [9.17, 15) is 14.4 Å². The van der Waals surface area contributed by atoms with Crippen molar-refractivity contribution in [1.82, 2.24) is 15.2 Å². The summed E-state index contributed by atoms with van der Waals surface area (Å²) in [6.45, 7) is 10.4. The molecule has 0 aliphatic rings. The van der Waals surface area contributed by atoms with E-state index in [0.717, 1.165) is 47.8 Å². The number of furan rings is 1. The predicted octanol–water partition coefficient (Wildman–Crippen LogP) is 5.23. The summed E-state index contributed by atoms with van der Waals surface area (Å²) >= 11 is 0. The standard InChI is InChI=1S/C28H37N3O5/c1-18-13-20(22-14-19(2)26(33)31(6)17-22)15-21-16-23(35-24(18)21)25(32)29-11-9-7-8-10-12-30-27(34)36-28(3,4)5/h13-17H,7-12H2,1-6H3,(H,29,32)(H,30,34). The molecule has 0 saturated heterocycles. The smallest absolute Gasteiger partial charge is 0.407 e. The Hall–Kier alpha value is -3.55. The number of ether oxygens (including phenoxy) is 1. The quantitative estimate of drug-likeness (QED) is 0.396. The molecule has 0 aliphatic carbocycles. The Balaban J connectivity index is 1.49. The molecule has 0 saturated carbocycles. The fourth-order valence-corrected chi connectivity index (χ4v) is 4.04. The van der Waals surface area contributed by atoms with Gasteiger partial charge in [0.25, 0.3) is 11.5 Å². The number of amides is 2. The summed E-state index contributed by atoms with van der Waals surface area (Å²) in [4.78, 5) is 36.3. The Morgan fingerprint density at radius 1 is 0.917 bits per heavy atom. The van der Waals surface area contributed by atoms with Crippen LogP contribution in [-0.4, -0.2) is 35.3 Å². The highest BCUT2D eigenvalue weighted by molar-refractivity contribution is 5.97. The Morgan fingerprint density at radius 2 is 1.56 bits per heavy atom. The molecule has 1 aromatic carbocycles. The van der Waals surface area contributed by atoms with Crippen molar-refractivity contribution in [3.63, 3.8) is 0 Å². The van der Waals surface area contributed by atoms with Gasteiger partial charge >= 0.3 is 6.09 Å². The van der Waals surface area contributed by atoms with Gasteiger partial charge in [-0.3, -0.25) is 9.59 Å². The van der Waals surface area contributed by atoms with Crippen molar-refractivity contribution >= 4 is 23.0 Å². The topological polar surface area (TPSA) is 103 Å². The number of nitrogens with zero attached hydrogens (tertiary/aromatic N) is 1. The highest BCUT2D eigenvalue weighted by Gasteiger charge is 2.16. The van der Waals surface area contributed by atoms with Crippen LogP contribution in [0.25, 0.3) is 22.1 Å². The number of rotatable bonds is 9. The van der Waals surface area contributed by atoms with Gasteiger partial charge in [0.05, 0.1) is 0 Å². The lowest BCUT2D eigenvalue weighted by Crippen LogP contribution is -2.33. The van der Waals surface area contributed by atoms with Gasteiger partial charge in [0.2, 0.25) is 0 Å². The first-order chi connectivity index (χ1) is 16.9. The number of unbranched alkanes of at least 4 members (excludes halogenated alkanes) is 3. The number of benzene rings is 1. The van der Waals surface area contributed by atoms with Gasteiger partial charge in [-0.2, -0.15) is 0 Å². The Kier molecular flexibility index (Phi) is 8.61. The molecule has 0 unspecified atom stereocenters. The summed E-state index contributed by atoms with van der Waals surface area (Å²) < 4.78 is 12.6. The molecule has 8 heteroatoms. The minimum absolute atomic E-state index is 0.0173. The number of pyridine rings is 1. The third kappa shape index (κ3) is 7.23. The highest BCUT2D eigenvalue weighted by Crippen LogP contribution is 2.29. The molecule has 2 N–H and O–H groups in total. The Labute approximate surface area is 212 Å². The maximum absolute atomic E-state index is 12.6. The number of hydrogen-bond donors (Lipinski definition) is 2. The molecule has 0 fully saturated rings. The molecule has 2 heterocycles. The maximum Gasteiger partial charge on any atom is 0.407 e. The van der Waals surface area contributed by atoms with Crippen LogP contribution < -0.4 is 16.2 Å². The van der Waals surface area contributed by atoms with Crippen LogP contribution in [0, 0.1) is 13.8 Å². The SMILES string of the molecule is Cc1cc(-c2cc(C)c3oc(C(=O)NCCCCCCNC(=O)OC(C)(C)C)cc3c2)cn(C)c1=O. The zero-order valence-electron chi connectivity index (χ0n) is 22.1. The van der Waals surface area contributed by atoms with E-state index in [1.165, 1.54) is 0 Å². The summed E-state index contributed by atoms with van der Waals surface area (Å²) in [6.07, 6.45) is 5.01. The molecule has 194 valence electrons. The van der Waals surface area contributed by atoms with E-state index >= 15 is 0 Å². The zero-order valence-corrected chi connectivity index (χ0v) is 22.1. The molecular weight excluding hydrogens is 458 g/mol. The van der Waals surface area contributed by atoms with Gasteiger partial charge in [0.1, 0.15) is 11.2 Å². The first kappa shape index (κ1) is 27.0. The van der Waals surface area contributed by atoms with Gasteiger partial charge in [0, 0.05) is 37.3 Å². The fraction of sp³-hybridized carbons (Fsp3) is 0.464. The molecular formula is C28H37N3O5. The second-order valence-electron chi connectivity index (χ2n) is 10.2. The molecule has 0 radical (unpaired) electrons. The molecule has 2 amide bonds. The normalized spacial score (nSPS) is 11.5. The fourth-order valence-electron chi connectivity index (χ4n) is 4.04. The number of nitrogens with one attached hydrogen (secondary N) is 2. The van der Waals surface area contributed by atoms with Crippen LogP contribution in [-0.2, 0) is 11.8 Å². The van der Waals surface area contributed by atoms with Crippen molar-refractivity contribution in [3.05, 3.63) is 57.7 Å². The molecule has 0 bridgehead atoms. The predicted molar refractivity (Wildman–Crippen MR) is 141 cm³/mol. The third-order valence-electron chi connectivity index (χ3n) is 5.78. The van der Waals surface area contributed by atoms with E-state index in [1.807, 2.05) is 52.1 Å². The first-order valence-corrected chi connectivity index (χ1v) is 12.4. The lowest BCUT2D eigenvalue weighted by molar-refractivity contribution is 0.0526. The summed E-state index contributed by atoms with van der Waals surface area (Å²) in [7, 11) is 1.74. The van der Waals surface area contributed by atoms with Crippen molar-refractivity contribution in [3.8, 4) is 11.1 Å². The van der Waals surface area contributed by atoms with Crippen LogP contribution in [0.1, 0.15) is 68.1 Å². The molecule has 0 atom stereocenters. The number of alkyl carbamates (subject to hydrolysis) is 1. The van der Waals surface area contributed by atoms with Crippen LogP contribution in [0.15, 0.2) is 39.7 Å². The van der Waals surface area contributed by atoms with Crippen molar-refractivity contribution in [1.29, 1.82) is 0 Å². The van der Waals surface area contributed by atoms with Crippen LogP contribution in [0.3, 0.4) is 0 Å². The van der Waals surface area contributed by atoms with E-state index in [0.29, 0.717) is 24.2 Å². The molecule has 36 heavy (non-hydrogen) atoms. The molecule has 3 aromatic rings. The van der Waals surface area contributed by atoms with Crippen molar-refractivity contribution < 1.29 is 18.7 Å². The minimum Gasteiger partial charge on any atom is -0.451 e. The summed E-state index contributed by atoms with van der Waals surface area (Å²) in [5.74, 6) is 0.0418. The van der Waals surface area contributed by atoms with Crippen molar-refractivity contribution in [2.45, 2.75) is 65.9 Å². The van der Waals surface area contributed by atoms with Crippen LogP contribution >= 0.6 is 0 Å². The molecule has 0 spiro atoms. The number of carbonyl (C=O) groups is 2. The van der Waals surface area contributed by atoms with Gasteiger partial charge in [-0.1, -0.05) is 12.8 Å². The molecule has 3 rings (SSSR count). The Bertz CT molecular complexity index is 1270. The lowest BCUT2D eigenvalue weighted by Gasteiger charge is -2.19. The zero-order chi connectivity index (χ0) is 26.5. The van der Waals surface area contributed by atoms with Crippen LogP contribution in [0.5, 0.6) is 0 Å². The number of carbonyl (C=O) groups excluding carboxylic acids is 2. The maximum atomic E-state index is 12.6. The number of aromatic nitrogens is 1. The average molecular weight is 496 g/mol. The van der Waals surface area contributed by atoms with Gasteiger partial charge in [-0.15, -0.1) is 0 Å².